The summed E-state index contributed by atoms with van der Waals surface area (Å²) in [7, 11) is 0. The van der Waals surface area contributed by atoms with Crippen molar-refractivity contribution < 1.29 is 4.79 Å². The third kappa shape index (κ3) is 2.68. The highest BCUT2D eigenvalue weighted by Gasteiger charge is 2.35. The summed E-state index contributed by atoms with van der Waals surface area (Å²) in [5.74, 6) is 1.75. The Balaban J connectivity index is 1.67. The van der Waals surface area contributed by atoms with Crippen molar-refractivity contribution in [1.29, 1.82) is 0 Å². The van der Waals surface area contributed by atoms with Crippen LogP contribution in [0.5, 0.6) is 0 Å². The molecule has 21 heavy (non-hydrogen) atoms. The van der Waals surface area contributed by atoms with Gasteiger partial charge < -0.3 is 10.2 Å². The number of carbonyl (C=O) groups excluding carboxylic acids is 1. The van der Waals surface area contributed by atoms with E-state index in [4.69, 9.17) is 0 Å². The van der Waals surface area contributed by atoms with Crippen molar-refractivity contribution >= 4 is 17.4 Å². The maximum Gasteiger partial charge on any atom is 0.227 e. The minimum absolute atomic E-state index is 0.0312. The first kappa shape index (κ1) is 13.8. The van der Waals surface area contributed by atoms with Gasteiger partial charge in [0.05, 0.1) is 5.92 Å². The van der Waals surface area contributed by atoms with E-state index in [1.807, 2.05) is 39.8 Å². The second-order valence-corrected chi connectivity index (χ2v) is 6.55. The van der Waals surface area contributed by atoms with Gasteiger partial charge in [0.15, 0.2) is 11.5 Å². The average molecular weight is 288 g/mol. The minimum atomic E-state index is -0.186. The molecule has 1 aliphatic rings. The monoisotopic (exact) mass is 288 g/mol. The second-order valence-electron chi connectivity index (χ2n) is 6.55. The molecule has 2 aromatic heterocycles. The van der Waals surface area contributed by atoms with E-state index in [0.717, 1.165) is 17.3 Å². The summed E-state index contributed by atoms with van der Waals surface area (Å²) in [5, 5.41) is 15.5. The molecule has 3 rings (SSSR count). The van der Waals surface area contributed by atoms with E-state index in [1.165, 1.54) is 0 Å². The minimum Gasteiger partial charge on any atom is -0.353 e. The number of hydrogen-bond acceptors (Lipinski definition) is 5. The summed E-state index contributed by atoms with van der Waals surface area (Å²) in [5.41, 5.74) is 0.549. The molecule has 1 fully saturated rings. The zero-order chi connectivity index (χ0) is 15.2. The summed E-state index contributed by atoms with van der Waals surface area (Å²) < 4.78 is 1.72. The number of amides is 1. The van der Waals surface area contributed by atoms with Gasteiger partial charge in [-0.15, -0.1) is 15.3 Å². The fraction of sp³-hybridized carbons (Fsp3) is 0.571. The molecule has 0 aliphatic carbocycles. The van der Waals surface area contributed by atoms with Crippen LogP contribution < -0.4 is 10.2 Å². The van der Waals surface area contributed by atoms with Gasteiger partial charge in [0.1, 0.15) is 5.82 Å². The smallest absolute Gasteiger partial charge is 0.227 e. The first-order chi connectivity index (χ1) is 9.83. The van der Waals surface area contributed by atoms with Crippen LogP contribution in [0, 0.1) is 12.8 Å². The van der Waals surface area contributed by atoms with Gasteiger partial charge in [-0.1, -0.05) is 0 Å². The predicted octanol–water partition coefficient (Wildman–Crippen LogP) is 0.784. The molecule has 0 unspecified atom stereocenters. The van der Waals surface area contributed by atoms with Crippen LogP contribution in [0.3, 0.4) is 0 Å². The Morgan fingerprint density at radius 3 is 2.67 bits per heavy atom. The zero-order valence-electron chi connectivity index (χ0n) is 12.8. The Bertz CT molecular complexity index is 680. The van der Waals surface area contributed by atoms with Crippen molar-refractivity contribution in [3.05, 3.63) is 18.0 Å². The molecule has 1 aliphatic heterocycles. The molecule has 0 saturated carbocycles. The fourth-order valence-electron chi connectivity index (χ4n) is 2.36. The molecule has 7 heteroatoms. The van der Waals surface area contributed by atoms with Crippen LogP contribution in [0.25, 0.3) is 5.65 Å². The molecule has 2 aromatic rings. The lowest BCUT2D eigenvalue weighted by atomic mass is 9.97. The van der Waals surface area contributed by atoms with E-state index in [-0.39, 0.29) is 17.4 Å². The number of aromatic nitrogens is 4. The molecule has 0 radical (unpaired) electrons. The van der Waals surface area contributed by atoms with Gasteiger partial charge >= 0.3 is 0 Å². The van der Waals surface area contributed by atoms with E-state index < -0.39 is 0 Å². The average Bonchev–Trinajstić information content (AvgIpc) is 2.67. The van der Waals surface area contributed by atoms with Crippen LogP contribution in [0.1, 0.15) is 26.6 Å². The summed E-state index contributed by atoms with van der Waals surface area (Å²) in [6, 6.07) is 3.81. The van der Waals surface area contributed by atoms with Gasteiger partial charge in [0, 0.05) is 18.6 Å². The molecule has 3 heterocycles. The first-order valence-electron chi connectivity index (χ1n) is 7.09. The highest BCUT2D eigenvalue weighted by Crippen LogP contribution is 2.23. The van der Waals surface area contributed by atoms with Gasteiger partial charge in [0.2, 0.25) is 5.91 Å². The summed E-state index contributed by atoms with van der Waals surface area (Å²) in [6.07, 6.45) is 0. The third-order valence-electron chi connectivity index (χ3n) is 3.48. The van der Waals surface area contributed by atoms with Crippen LogP contribution >= 0.6 is 0 Å². The number of anilines is 1. The maximum atomic E-state index is 12.1. The predicted molar refractivity (Wildman–Crippen MR) is 79.1 cm³/mol. The molecule has 1 N–H and O–H groups in total. The van der Waals surface area contributed by atoms with Crippen molar-refractivity contribution in [3.63, 3.8) is 0 Å². The molecule has 7 nitrogen and oxygen atoms in total. The quantitative estimate of drug-likeness (QED) is 0.884. The van der Waals surface area contributed by atoms with Crippen molar-refractivity contribution in [2.75, 3.05) is 18.0 Å². The molecule has 0 atom stereocenters. The molecular weight excluding hydrogens is 268 g/mol. The lowest BCUT2D eigenvalue weighted by Gasteiger charge is -2.40. The largest absolute Gasteiger partial charge is 0.353 e. The lowest BCUT2D eigenvalue weighted by Crippen LogP contribution is -2.56. The number of carbonyl (C=O) groups is 1. The van der Waals surface area contributed by atoms with Crippen molar-refractivity contribution in [3.8, 4) is 0 Å². The summed E-state index contributed by atoms with van der Waals surface area (Å²) in [6.45, 7) is 9.23. The van der Waals surface area contributed by atoms with Crippen LogP contribution in [0.15, 0.2) is 12.1 Å². The van der Waals surface area contributed by atoms with Crippen molar-refractivity contribution in [2.24, 2.45) is 5.92 Å². The third-order valence-corrected chi connectivity index (χ3v) is 3.48. The maximum absolute atomic E-state index is 12.1. The summed E-state index contributed by atoms with van der Waals surface area (Å²) >= 11 is 0. The number of nitrogens with zero attached hydrogens (tertiary/aromatic N) is 5. The Morgan fingerprint density at radius 1 is 1.29 bits per heavy atom. The van der Waals surface area contributed by atoms with Gasteiger partial charge in [-0.3, -0.25) is 4.79 Å². The molecule has 0 spiro atoms. The Morgan fingerprint density at radius 2 is 2.00 bits per heavy atom. The van der Waals surface area contributed by atoms with Crippen LogP contribution in [-0.4, -0.2) is 44.3 Å². The molecule has 112 valence electrons. The van der Waals surface area contributed by atoms with Gasteiger partial charge in [-0.25, -0.2) is 0 Å². The standard InChI is InChI=1S/C14H20N6O/c1-9-16-17-11-5-6-12(18-20(9)11)19-7-10(8-19)13(21)15-14(2,3)4/h5-6,10H,7-8H2,1-4H3,(H,15,21). The molecule has 0 aromatic carbocycles. The van der Waals surface area contributed by atoms with Crippen molar-refractivity contribution in [1.82, 2.24) is 25.1 Å². The van der Waals surface area contributed by atoms with E-state index in [2.05, 4.69) is 25.5 Å². The van der Waals surface area contributed by atoms with Crippen LogP contribution in [0.2, 0.25) is 0 Å². The second kappa shape index (κ2) is 4.68. The Hall–Kier alpha value is -2.18. The number of aryl methyl sites for hydroxylation is 1. The number of hydrogen-bond donors (Lipinski definition) is 1. The van der Waals surface area contributed by atoms with E-state index in [1.54, 1.807) is 4.52 Å². The normalized spacial score (nSPS) is 16.1. The van der Waals surface area contributed by atoms with Crippen LogP contribution in [0.4, 0.5) is 5.82 Å². The Labute approximate surface area is 123 Å². The fourth-order valence-corrected chi connectivity index (χ4v) is 2.36. The SMILES string of the molecule is Cc1nnc2ccc(N3CC(C(=O)NC(C)(C)C)C3)nn12. The molecule has 1 saturated heterocycles. The highest BCUT2D eigenvalue weighted by atomic mass is 16.2. The highest BCUT2D eigenvalue weighted by molar-refractivity contribution is 5.82. The number of nitrogens with one attached hydrogen (secondary N) is 1. The number of fused-ring (bicyclic) bond motifs is 1. The summed E-state index contributed by atoms with van der Waals surface area (Å²) in [4.78, 5) is 14.1. The first-order valence-corrected chi connectivity index (χ1v) is 7.09. The zero-order valence-corrected chi connectivity index (χ0v) is 12.8. The van der Waals surface area contributed by atoms with E-state index >= 15 is 0 Å². The Kier molecular flexibility index (Phi) is 3.07. The van der Waals surface area contributed by atoms with Gasteiger partial charge in [0.25, 0.3) is 0 Å². The number of rotatable bonds is 2. The molecule has 1 amide bonds. The lowest BCUT2D eigenvalue weighted by molar-refractivity contribution is -0.127. The van der Waals surface area contributed by atoms with Crippen molar-refractivity contribution in [2.45, 2.75) is 33.2 Å². The molecule has 0 bridgehead atoms. The van der Waals surface area contributed by atoms with E-state index in [0.29, 0.717) is 13.1 Å². The van der Waals surface area contributed by atoms with E-state index in [9.17, 15) is 4.79 Å². The van der Waals surface area contributed by atoms with Gasteiger partial charge in [-0.2, -0.15) is 4.52 Å². The van der Waals surface area contributed by atoms with Gasteiger partial charge in [-0.05, 0) is 39.8 Å². The van der Waals surface area contributed by atoms with Crippen LogP contribution in [-0.2, 0) is 4.79 Å². The topological polar surface area (TPSA) is 75.4 Å². The molecular formula is C14H20N6O.